The second-order valence-electron chi connectivity index (χ2n) is 3.38. The van der Waals surface area contributed by atoms with E-state index in [0.717, 1.165) is 5.56 Å². The van der Waals surface area contributed by atoms with Crippen LogP contribution < -0.4 is 0 Å². The van der Waals surface area contributed by atoms with E-state index in [2.05, 4.69) is 16.8 Å². The third kappa shape index (κ3) is 4.37. The van der Waals surface area contributed by atoms with Gasteiger partial charge in [-0.25, -0.2) is 4.79 Å². The molecule has 0 atom stereocenters. The number of carbonyl (C=O) groups is 1. The number of rotatable bonds is 1. The Morgan fingerprint density at radius 1 is 1.11 bits per heavy atom. The first kappa shape index (κ1) is 15.1. The van der Waals surface area contributed by atoms with Crippen molar-refractivity contribution in [1.29, 1.82) is 0 Å². The Bertz CT molecular complexity index is 600. The fourth-order valence-corrected chi connectivity index (χ4v) is 1.31. The van der Waals surface area contributed by atoms with Crippen LogP contribution in [0.2, 0.25) is 0 Å². The predicted molar refractivity (Wildman–Crippen MR) is 70.8 cm³/mol. The van der Waals surface area contributed by atoms with Gasteiger partial charge in [0, 0.05) is 23.5 Å². The van der Waals surface area contributed by atoms with E-state index in [-0.39, 0.29) is 56.9 Å². The molecule has 0 saturated carbocycles. The molecule has 84 valence electrons. The van der Waals surface area contributed by atoms with Gasteiger partial charge in [0.25, 0.3) is 0 Å². The molecule has 2 aromatic rings. The Hall–Kier alpha value is -0.964. The molecule has 0 unspecified atom stereocenters. The zero-order valence-corrected chi connectivity index (χ0v) is 8.92. The van der Waals surface area contributed by atoms with Crippen molar-refractivity contribution in [3.63, 3.8) is 0 Å². The standard InChI is InChI=1S/C14H9NO2.K.H/c16-14(17)13-5-1-3-11(9-13)6-7-12-4-2-8-15-10-12;;/h1-5,8-10H,(H,16,17);;. The Labute approximate surface area is 148 Å². The van der Waals surface area contributed by atoms with Crippen LogP contribution in [0.5, 0.6) is 0 Å². The zero-order valence-electron chi connectivity index (χ0n) is 8.92. The molecule has 0 spiro atoms. The van der Waals surface area contributed by atoms with Gasteiger partial charge in [-0.05, 0) is 30.3 Å². The summed E-state index contributed by atoms with van der Waals surface area (Å²) in [5, 5.41) is 8.84. The maximum atomic E-state index is 10.8. The van der Waals surface area contributed by atoms with Gasteiger partial charge in [0.1, 0.15) is 0 Å². The summed E-state index contributed by atoms with van der Waals surface area (Å²) >= 11 is 0. The summed E-state index contributed by atoms with van der Waals surface area (Å²) in [6.45, 7) is 0. The summed E-state index contributed by atoms with van der Waals surface area (Å²) in [7, 11) is 0. The first-order valence-corrected chi connectivity index (χ1v) is 5.01. The molecule has 0 fully saturated rings. The van der Waals surface area contributed by atoms with E-state index >= 15 is 0 Å². The molecule has 0 amide bonds. The molecule has 0 bridgehead atoms. The number of hydrogen-bond acceptors (Lipinski definition) is 2. The van der Waals surface area contributed by atoms with Crippen molar-refractivity contribution in [2.24, 2.45) is 0 Å². The Balaban J connectivity index is 0.00000162. The molecular formula is C14H10KNO2. The van der Waals surface area contributed by atoms with Crippen molar-refractivity contribution in [3.8, 4) is 11.8 Å². The van der Waals surface area contributed by atoms with E-state index in [4.69, 9.17) is 5.11 Å². The minimum atomic E-state index is -0.949. The molecule has 0 aliphatic rings. The number of carboxylic acids is 1. The second kappa shape index (κ2) is 7.47. The number of aromatic nitrogens is 1. The summed E-state index contributed by atoms with van der Waals surface area (Å²) in [4.78, 5) is 14.7. The summed E-state index contributed by atoms with van der Waals surface area (Å²) < 4.78 is 0. The molecule has 0 radical (unpaired) electrons. The number of aromatic carboxylic acids is 1. The van der Waals surface area contributed by atoms with Crippen molar-refractivity contribution in [1.82, 2.24) is 4.98 Å². The number of benzene rings is 1. The minimum absolute atomic E-state index is 0. The van der Waals surface area contributed by atoms with Crippen LogP contribution in [0.25, 0.3) is 0 Å². The van der Waals surface area contributed by atoms with Crippen LogP contribution in [0, 0.1) is 11.8 Å². The fourth-order valence-electron chi connectivity index (χ4n) is 1.31. The van der Waals surface area contributed by atoms with E-state index in [0.29, 0.717) is 5.56 Å². The van der Waals surface area contributed by atoms with Crippen LogP contribution in [0.3, 0.4) is 0 Å². The van der Waals surface area contributed by atoms with E-state index in [1.807, 2.05) is 6.07 Å². The second-order valence-corrected chi connectivity index (χ2v) is 3.38. The first-order valence-electron chi connectivity index (χ1n) is 5.01. The molecule has 1 N–H and O–H groups in total. The van der Waals surface area contributed by atoms with Crippen LogP contribution in [0.4, 0.5) is 0 Å². The van der Waals surface area contributed by atoms with Gasteiger partial charge < -0.3 is 5.11 Å². The van der Waals surface area contributed by atoms with Gasteiger partial charge in [0.05, 0.1) is 5.56 Å². The summed E-state index contributed by atoms with van der Waals surface area (Å²) in [5.74, 6) is 4.88. The Morgan fingerprint density at radius 3 is 2.50 bits per heavy atom. The van der Waals surface area contributed by atoms with Gasteiger partial charge in [-0.15, -0.1) is 0 Å². The summed E-state index contributed by atoms with van der Waals surface area (Å²) in [6, 6.07) is 10.2. The molecule has 2 rings (SSSR count). The van der Waals surface area contributed by atoms with Crippen molar-refractivity contribution in [2.75, 3.05) is 0 Å². The number of pyridine rings is 1. The van der Waals surface area contributed by atoms with Crippen LogP contribution in [0.15, 0.2) is 48.8 Å². The normalized spacial score (nSPS) is 8.67. The van der Waals surface area contributed by atoms with Crippen LogP contribution in [-0.2, 0) is 0 Å². The van der Waals surface area contributed by atoms with Crippen LogP contribution in [-0.4, -0.2) is 67.4 Å². The summed E-state index contributed by atoms with van der Waals surface area (Å²) in [5.41, 5.74) is 1.71. The quantitative estimate of drug-likeness (QED) is 0.627. The maximum absolute atomic E-state index is 10.8. The molecule has 0 saturated heterocycles. The number of hydrogen-bond donors (Lipinski definition) is 1. The third-order valence-electron chi connectivity index (χ3n) is 2.12. The number of carboxylic acid groups (broad SMARTS) is 1. The molecule has 0 aliphatic carbocycles. The summed E-state index contributed by atoms with van der Waals surface area (Å²) in [6.07, 6.45) is 3.34. The van der Waals surface area contributed by atoms with Crippen LogP contribution >= 0.6 is 0 Å². The van der Waals surface area contributed by atoms with Crippen molar-refractivity contribution < 1.29 is 9.90 Å². The SMILES string of the molecule is O=C(O)c1cccc(C#Cc2cccnc2)c1.[KH]. The molecule has 3 nitrogen and oxygen atoms in total. The predicted octanol–water partition coefficient (Wildman–Crippen LogP) is 1.53. The van der Waals surface area contributed by atoms with Gasteiger partial charge in [-0.3, -0.25) is 4.98 Å². The Kier molecular flexibility index (Phi) is 6.26. The van der Waals surface area contributed by atoms with E-state index < -0.39 is 5.97 Å². The molecule has 4 heteroatoms. The van der Waals surface area contributed by atoms with Crippen molar-refractivity contribution >= 4 is 57.4 Å². The first-order chi connectivity index (χ1) is 8.25. The Morgan fingerprint density at radius 2 is 1.83 bits per heavy atom. The zero-order chi connectivity index (χ0) is 12.1. The molecule has 0 aliphatic heterocycles. The molecule has 1 aromatic carbocycles. The van der Waals surface area contributed by atoms with Crippen molar-refractivity contribution in [3.05, 3.63) is 65.5 Å². The van der Waals surface area contributed by atoms with E-state index in [1.165, 1.54) is 6.07 Å². The molecule has 18 heavy (non-hydrogen) atoms. The van der Waals surface area contributed by atoms with Gasteiger partial charge in [0.2, 0.25) is 0 Å². The van der Waals surface area contributed by atoms with Crippen molar-refractivity contribution in [2.45, 2.75) is 0 Å². The molecule has 1 aromatic heterocycles. The van der Waals surface area contributed by atoms with Gasteiger partial charge in [0.15, 0.2) is 0 Å². The average molecular weight is 263 g/mol. The van der Waals surface area contributed by atoms with E-state index in [9.17, 15) is 4.79 Å². The average Bonchev–Trinajstić information content (AvgIpc) is 2.38. The van der Waals surface area contributed by atoms with Gasteiger partial charge in [-0.2, -0.15) is 0 Å². The fraction of sp³-hybridized carbons (Fsp3) is 0. The van der Waals surface area contributed by atoms with E-state index in [1.54, 1.807) is 36.7 Å². The third-order valence-corrected chi connectivity index (χ3v) is 2.12. The topological polar surface area (TPSA) is 50.2 Å². The van der Waals surface area contributed by atoms with Gasteiger partial charge in [-0.1, -0.05) is 17.9 Å². The van der Waals surface area contributed by atoms with Gasteiger partial charge >= 0.3 is 57.4 Å². The number of nitrogens with zero attached hydrogens (tertiary/aromatic N) is 1. The molecule has 1 heterocycles. The van der Waals surface area contributed by atoms with Crippen LogP contribution in [0.1, 0.15) is 21.5 Å². The monoisotopic (exact) mass is 263 g/mol. The molecular weight excluding hydrogens is 253 g/mol.